The number of hydrogen-bond acceptors (Lipinski definition) is 3. The van der Waals surface area contributed by atoms with Gasteiger partial charge in [-0.25, -0.2) is 0 Å². The lowest BCUT2D eigenvalue weighted by Gasteiger charge is -2.22. The maximum absolute atomic E-state index is 10.6. The Morgan fingerprint density at radius 2 is 2.00 bits per heavy atom. The fourth-order valence-corrected chi connectivity index (χ4v) is 2.68. The maximum atomic E-state index is 10.6. The Labute approximate surface area is 127 Å². The molecule has 4 nitrogen and oxygen atoms in total. The first kappa shape index (κ1) is 16.0. The minimum atomic E-state index is -0.726. The molecule has 1 aromatic carbocycles. The summed E-state index contributed by atoms with van der Waals surface area (Å²) in [6.07, 6.45) is 2.45. The van der Waals surface area contributed by atoms with E-state index >= 15 is 0 Å². The smallest absolute Gasteiger partial charge is 0.0731 e. The molecule has 2 N–H and O–H groups in total. The van der Waals surface area contributed by atoms with Crippen LogP contribution >= 0.6 is 0 Å². The summed E-state index contributed by atoms with van der Waals surface area (Å²) in [5.74, 6) is 0. The predicted octanol–water partition coefficient (Wildman–Crippen LogP) is 2.74. The van der Waals surface area contributed by atoms with Crippen molar-refractivity contribution in [1.29, 1.82) is 0 Å². The second-order valence-corrected chi connectivity index (χ2v) is 5.95. The first-order valence-corrected chi connectivity index (χ1v) is 7.95. The van der Waals surface area contributed by atoms with Gasteiger partial charge in [-0.1, -0.05) is 25.1 Å². The van der Waals surface area contributed by atoms with Crippen molar-refractivity contribution in [2.24, 2.45) is 0 Å². The molecule has 1 heterocycles. The van der Waals surface area contributed by atoms with E-state index in [-0.39, 0.29) is 0 Å². The molecule has 1 atom stereocenters. The van der Waals surface area contributed by atoms with Gasteiger partial charge in [0.15, 0.2) is 0 Å². The molecule has 4 heteroatoms. The standard InChI is InChI=1S/C17H27N3O/c1-4-11-18-12-10-17(3,21)13-15-14-8-6-7-9-16(14)20(5-2)19-15/h6-9,18,21H,4-5,10-13H2,1-3H3. The van der Waals surface area contributed by atoms with Crippen molar-refractivity contribution in [1.82, 2.24) is 15.1 Å². The van der Waals surface area contributed by atoms with Crippen molar-refractivity contribution in [2.45, 2.75) is 52.2 Å². The molecule has 1 unspecified atom stereocenters. The van der Waals surface area contributed by atoms with Gasteiger partial charge in [0.2, 0.25) is 0 Å². The van der Waals surface area contributed by atoms with E-state index < -0.39 is 5.60 Å². The van der Waals surface area contributed by atoms with Crippen molar-refractivity contribution >= 4 is 10.9 Å². The Kier molecular flexibility index (Phi) is 5.37. The molecule has 0 fully saturated rings. The van der Waals surface area contributed by atoms with E-state index in [4.69, 9.17) is 0 Å². The summed E-state index contributed by atoms with van der Waals surface area (Å²) in [5.41, 5.74) is 1.42. The first-order chi connectivity index (χ1) is 10.1. The minimum Gasteiger partial charge on any atom is -0.390 e. The largest absolute Gasteiger partial charge is 0.390 e. The molecule has 0 saturated carbocycles. The van der Waals surface area contributed by atoms with Crippen LogP contribution < -0.4 is 5.32 Å². The van der Waals surface area contributed by atoms with Gasteiger partial charge in [0.1, 0.15) is 0 Å². The highest BCUT2D eigenvalue weighted by Crippen LogP contribution is 2.23. The molecule has 116 valence electrons. The number of aryl methyl sites for hydroxylation is 1. The van der Waals surface area contributed by atoms with E-state index in [1.54, 1.807) is 0 Å². The topological polar surface area (TPSA) is 50.1 Å². The van der Waals surface area contributed by atoms with Gasteiger partial charge in [-0.3, -0.25) is 4.68 Å². The molecular weight excluding hydrogens is 262 g/mol. The monoisotopic (exact) mass is 289 g/mol. The van der Waals surface area contributed by atoms with Crippen LogP contribution in [0.5, 0.6) is 0 Å². The molecule has 1 aromatic heterocycles. The number of aliphatic hydroxyl groups is 1. The fraction of sp³-hybridized carbons (Fsp3) is 0.588. The number of nitrogens with one attached hydrogen (secondary N) is 1. The molecule has 0 radical (unpaired) electrons. The first-order valence-electron chi connectivity index (χ1n) is 7.95. The molecule has 0 aliphatic heterocycles. The molecule has 2 rings (SSSR count). The lowest BCUT2D eigenvalue weighted by Crippen LogP contribution is -2.32. The number of benzene rings is 1. The van der Waals surface area contributed by atoms with Crippen LogP contribution in [-0.2, 0) is 13.0 Å². The molecule has 0 aliphatic rings. The van der Waals surface area contributed by atoms with Crippen LogP contribution in [0, 0.1) is 0 Å². The van der Waals surface area contributed by atoms with Crippen LogP contribution in [0.3, 0.4) is 0 Å². The summed E-state index contributed by atoms with van der Waals surface area (Å²) in [6.45, 7) is 8.84. The van der Waals surface area contributed by atoms with Crippen molar-refractivity contribution in [2.75, 3.05) is 13.1 Å². The summed E-state index contributed by atoms with van der Waals surface area (Å²) in [5, 5.41) is 19.8. The quantitative estimate of drug-likeness (QED) is 0.735. The molecule has 0 amide bonds. The molecule has 0 saturated heterocycles. The van der Waals surface area contributed by atoms with Gasteiger partial charge in [-0.05, 0) is 45.8 Å². The SMILES string of the molecule is CCCNCCC(C)(O)Cc1nn(CC)c2ccccc12. The van der Waals surface area contributed by atoms with E-state index in [1.807, 2.05) is 23.7 Å². The minimum absolute atomic E-state index is 0.592. The zero-order valence-electron chi connectivity index (χ0n) is 13.4. The molecule has 0 bridgehead atoms. The van der Waals surface area contributed by atoms with Crippen LogP contribution in [0.4, 0.5) is 0 Å². The van der Waals surface area contributed by atoms with Gasteiger partial charge < -0.3 is 10.4 Å². The third-order valence-corrected chi connectivity index (χ3v) is 3.85. The number of para-hydroxylation sites is 1. The normalized spacial score (nSPS) is 14.5. The fourth-order valence-electron chi connectivity index (χ4n) is 2.68. The average Bonchev–Trinajstić information content (AvgIpc) is 2.81. The lowest BCUT2D eigenvalue weighted by molar-refractivity contribution is 0.0508. The van der Waals surface area contributed by atoms with Gasteiger partial charge in [0.05, 0.1) is 16.8 Å². The second kappa shape index (κ2) is 7.05. The maximum Gasteiger partial charge on any atom is 0.0731 e. The van der Waals surface area contributed by atoms with Crippen molar-refractivity contribution in [3.8, 4) is 0 Å². The van der Waals surface area contributed by atoms with Crippen molar-refractivity contribution in [3.05, 3.63) is 30.0 Å². The van der Waals surface area contributed by atoms with E-state index in [0.29, 0.717) is 6.42 Å². The van der Waals surface area contributed by atoms with Crippen LogP contribution in [0.25, 0.3) is 10.9 Å². The number of fused-ring (bicyclic) bond motifs is 1. The number of aromatic nitrogens is 2. The van der Waals surface area contributed by atoms with Gasteiger partial charge in [-0.15, -0.1) is 0 Å². The Morgan fingerprint density at radius 3 is 2.71 bits per heavy atom. The number of rotatable bonds is 8. The Morgan fingerprint density at radius 1 is 1.24 bits per heavy atom. The summed E-state index contributed by atoms with van der Waals surface area (Å²) < 4.78 is 2.01. The van der Waals surface area contributed by atoms with Crippen molar-refractivity contribution < 1.29 is 5.11 Å². The van der Waals surface area contributed by atoms with E-state index in [2.05, 4.69) is 36.4 Å². The highest BCUT2D eigenvalue weighted by atomic mass is 16.3. The van der Waals surface area contributed by atoms with Crippen molar-refractivity contribution in [3.63, 3.8) is 0 Å². The molecule has 0 aliphatic carbocycles. The molecule has 21 heavy (non-hydrogen) atoms. The molecule has 2 aromatic rings. The van der Waals surface area contributed by atoms with E-state index in [9.17, 15) is 5.11 Å². The third kappa shape index (κ3) is 4.05. The summed E-state index contributed by atoms with van der Waals surface area (Å²) in [6, 6.07) is 8.25. The predicted molar refractivity (Wildman–Crippen MR) is 87.5 cm³/mol. The Balaban J connectivity index is 2.11. The zero-order chi connectivity index (χ0) is 15.3. The van der Waals surface area contributed by atoms with Crippen LogP contribution in [0.1, 0.15) is 39.3 Å². The lowest BCUT2D eigenvalue weighted by atomic mass is 9.95. The second-order valence-electron chi connectivity index (χ2n) is 5.95. The molecular formula is C17H27N3O. The molecule has 0 spiro atoms. The van der Waals surface area contributed by atoms with E-state index in [1.165, 1.54) is 0 Å². The summed E-state index contributed by atoms with van der Waals surface area (Å²) in [7, 11) is 0. The van der Waals surface area contributed by atoms with Gasteiger partial charge >= 0.3 is 0 Å². The zero-order valence-corrected chi connectivity index (χ0v) is 13.4. The Hall–Kier alpha value is -1.39. The van der Waals surface area contributed by atoms with Crippen LogP contribution in [-0.4, -0.2) is 33.6 Å². The van der Waals surface area contributed by atoms with E-state index in [0.717, 1.165) is 49.1 Å². The number of hydrogen-bond donors (Lipinski definition) is 2. The summed E-state index contributed by atoms with van der Waals surface area (Å²) >= 11 is 0. The highest BCUT2D eigenvalue weighted by molar-refractivity contribution is 5.82. The van der Waals surface area contributed by atoms with Gasteiger partial charge in [-0.2, -0.15) is 5.10 Å². The van der Waals surface area contributed by atoms with Gasteiger partial charge in [0, 0.05) is 18.4 Å². The summed E-state index contributed by atoms with van der Waals surface area (Å²) in [4.78, 5) is 0. The number of nitrogens with zero attached hydrogens (tertiary/aromatic N) is 2. The van der Waals surface area contributed by atoms with Gasteiger partial charge in [0.25, 0.3) is 0 Å². The average molecular weight is 289 g/mol. The highest BCUT2D eigenvalue weighted by Gasteiger charge is 2.23. The Bertz CT molecular complexity index is 574. The van der Waals surface area contributed by atoms with Crippen LogP contribution in [0.2, 0.25) is 0 Å². The van der Waals surface area contributed by atoms with Crippen LogP contribution in [0.15, 0.2) is 24.3 Å². The third-order valence-electron chi connectivity index (χ3n) is 3.85.